The summed E-state index contributed by atoms with van der Waals surface area (Å²) < 4.78 is 0. The van der Waals surface area contributed by atoms with Gasteiger partial charge in [-0.25, -0.2) is 4.90 Å². The predicted molar refractivity (Wildman–Crippen MR) is 79.7 cm³/mol. The lowest BCUT2D eigenvalue weighted by Crippen LogP contribution is -2.37. The molecule has 0 bridgehead atoms. The molecule has 1 aromatic carbocycles. The maximum absolute atomic E-state index is 12.6. The summed E-state index contributed by atoms with van der Waals surface area (Å²) in [6.07, 6.45) is 9.18. The molecule has 1 aromatic rings. The minimum absolute atomic E-state index is 0.131. The molecule has 0 N–H and O–H groups in total. The predicted octanol–water partition coefficient (Wildman–Crippen LogP) is 3.77. The van der Waals surface area contributed by atoms with E-state index in [1.54, 1.807) is 12.1 Å². The fourth-order valence-electron chi connectivity index (χ4n) is 4.22. The molecule has 2 atom stereocenters. The van der Waals surface area contributed by atoms with Crippen molar-refractivity contribution in [3.63, 3.8) is 0 Å². The van der Waals surface area contributed by atoms with Crippen LogP contribution >= 0.6 is 0 Å². The molecule has 2 amide bonds. The fourth-order valence-corrected chi connectivity index (χ4v) is 4.22. The zero-order chi connectivity index (χ0) is 14.4. The number of carbonyl (C=O) groups is 2. The standard InChI is InChI=1S/C18H19NO2/c20-17-14-9-3-4-10-15(14)18(21)19(17)16-11-5-7-12-6-1-2-8-13(12)16/h3-4,9-13H,1-2,5-8H2. The summed E-state index contributed by atoms with van der Waals surface area (Å²) in [6, 6.07) is 7.17. The van der Waals surface area contributed by atoms with Gasteiger partial charge in [0.1, 0.15) is 0 Å². The number of nitrogens with zero attached hydrogens (tertiary/aromatic N) is 1. The maximum Gasteiger partial charge on any atom is 0.265 e. The molecule has 2 unspecified atom stereocenters. The topological polar surface area (TPSA) is 37.4 Å². The third-order valence-electron chi connectivity index (χ3n) is 5.23. The van der Waals surface area contributed by atoms with E-state index in [0.29, 0.717) is 23.0 Å². The Morgan fingerprint density at radius 3 is 2.29 bits per heavy atom. The lowest BCUT2D eigenvalue weighted by Gasteiger charge is -2.38. The third kappa shape index (κ3) is 1.87. The molecule has 4 rings (SSSR count). The average molecular weight is 281 g/mol. The highest BCUT2D eigenvalue weighted by Gasteiger charge is 2.42. The van der Waals surface area contributed by atoms with Gasteiger partial charge in [-0.05, 0) is 43.7 Å². The Morgan fingerprint density at radius 2 is 1.57 bits per heavy atom. The smallest absolute Gasteiger partial charge is 0.265 e. The highest BCUT2D eigenvalue weighted by molar-refractivity contribution is 6.22. The number of allylic oxidation sites excluding steroid dienone is 2. The Kier molecular flexibility index (Phi) is 2.95. The molecule has 3 heteroatoms. The van der Waals surface area contributed by atoms with Gasteiger partial charge in [0.05, 0.1) is 11.1 Å². The number of hydrogen-bond acceptors (Lipinski definition) is 2. The van der Waals surface area contributed by atoms with Crippen LogP contribution in [0.25, 0.3) is 0 Å². The maximum atomic E-state index is 12.6. The molecular weight excluding hydrogens is 262 g/mol. The second kappa shape index (κ2) is 4.83. The summed E-state index contributed by atoms with van der Waals surface area (Å²) in [6.45, 7) is 0. The van der Waals surface area contributed by atoms with Crippen LogP contribution in [0.1, 0.15) is 59.2 Å². The third-order valence-corrected chi connectivity index (χ3v) is 5.23. The minimum atomic E-state index is -0.131. The summed E-state index contributed by atoms with van der Waals surface area (Å²) in [4.78, 5) is 26.8. The summed E-state index contributed by atoms with van der Waals surface area (Å²) in [7, 11) is 0. The van der Waals surface area contributed by atoms with Gasteiger partial charge in [0.15, 0.2) is 0 Å². The van der Waals surface area contributed by atoms with Crippen LogP contribution in [-0.4, -0.2) is 16.7 Å². The minimum Gasteiger partial charge on any atom is -0.268 e. The van der Waals surface area contributed by atoms with Crippen LogP contribution in [0.5, 0.6) is 0 Å². The first-order valence-corrected chi connectivity index (χ1v) is 7.95. The number of fused-ring (bicyclic) bond motifs is 2. The van der Waals surface area contributed by atoms with Gasteiger partial charge >= 0.3 is 0 Å². The zero-order valence-electron chi connectivity index (χ0n) is 12.0. The Hall–Kier alpha value is -1.90. The Morgan fingerprint density at radius 1 is 0.905 bits per heavy atom. The highest BCUT2D eigenvalue weighted by Crippen LogP contribution is 2.44. The van der Waals surface area contributed by atoms with Crippen LogP contribution in [0.4, 0.5) is 0 Å². The van der Waals surface area contributed by atoms with Crippen LogP contribution < -0.4 is 0 Å². The van der Waals surface area contributed by atoms with Crippen LogP contribution in [0.15, 0.2) is 36.0 Å². The van der Waals surface area contributed by atoms with E-state index in [1.807, 2.05) is 12.1 Å². The van der Waals surface area contributed by atoms with Crippen LogP contribution in [0.2, 0.25) is 0 Å². The van der Waals surface area contributed by atoms with Gasteiger partial charge in [-0.1, -0.05) is 31.1 Å². The lowest BCUT2D eigenvalue weighted by atomic mass is 9.72. The van der Waals surface area contributed by atoms with Gasteiger partial charge in [0, 0.05) is 11.6 Å². The molecule has 108 valence electrons. The van der Waals surface area contributed by atoms with Crippen molar-refractivity contribution in [2.75, 3.05) is 0 Å². The lowest BCUT2D eigenvalue weighted by molar-refractivity contribution is 0.0658. The zero-order valence-corrected chi connectivity index (χ0v) is 12.0. The number of hydrogen-bond donors (Lipinski definition) is 0. The molecule has 2 aliphatic carbocycles. The normalized spacial score (nSPS) is 28.2. The van der Waals surface area contributed by atoms with E-state index in [2.05, 4.69) is 6.08 Å². The van der Waals surface area contributed by atoms with Crippen molar-refractivity contribution in [3.8, 4) is 0 Å². The van der Waals surface area contributed by atoms with Crippen molar-refractivity contribution in [1.29, 1.82) is 0 Å². The number of benzene rings is 1. The van der Waals surface area contributed by atoms with E-state index in [0.717, 1.165) is 18.5 Å². The summed E-state index contributed by atoms with van der Waals surface area (Å²) in [5.41, 5.74) is 2.10. The van der Waals surface area contributed by atoms with Crippen LogP contribution in [-0.2, 0) is 0 Å². The van der Waals surface area contributed by atoms with Crippen molar-refractivity contribution in [2.45, 2.75) is 38.5 Å². The molecule has 3 aliphatic rings. The van der Waals surface area contributed by atoms with Gasteiger partial charge in [-0.15, -0.1) is 0 Å². The van der Waals surface area contributed by atoms with E-state index >= 15 is 0 Å². The summed E-state index contributed by atoms with van der Waals surface area (Å²) in [5.74, 6) is 0.791. The van der Waals surface area contributed by atoms with Crippen LogP contribution in [0, 0.1) is 11.8 Å². The number of imide groups is 1. The summed E-state index contributed by atoms with van der Waals surface area (Å²) in [5, 5.41) is 0. The van der Waals surface area contributed by atoms with Gasteiger partial charge in [0.2, 0.25) is 0 Å². The summed E-state index contributed by atoms with van der Waals surface area (Å²) >= 11 is 0. The molecule has 21 heavy (non-hydrogen) atoms. The Balaban J connectivity index is 1.73. The molecule has 0 aromatic heterocycles. The second-order valence-corrected chi connectivity index (χ2v) is 6.35. The van der Waals surface area contributed by atoms with Gasteiger partial charge in [-0.3, -0.25) is 9.59 Å². The van der Waals surface area contributed by atoms with Crippen molar-refractivity contribution in [2.24, 2.45) is 11.8 Å². The van der Waals surface area contributed by atoms with Gasteiger partial charge < -0.3 is 0 Å². The SMILES string of the molecule is O=C1c2ccccc2C(=O)N1C1=CCCC2CCCCC12. The average Bonchev–Trinajstić information content (AvgIpc) is 2.79. The number of rotatable bonds is 1. The molecule has 1 aliphatic heterocycles. The van der Waals surface area contributed by atoms with Crippen LogP contribution in [0.3, 0.4) is 0 Å². The van der Waals surface area contributed by atoms with Crippen molar-refractivity contribution < 1.29 is 9.59 Å². The van der Waals surface area contributed by atoms with Crippen molar-refractivity contribution in [3.05, 3.63) is 47.2 Å². The molecule has 1 saturated carbocycles. The number of amides is 2. The number of carbonyl (C=O) groups excluding carboxylic acids is 2. The fraction of sp³-hybridized carbons (Fsp3) is 0.444. The first-order valence-electron chi connectivity index (χ1n) is 7.95. The van der Waals surface area contributed by atoms with E-state index < -0.39 is 0 Å². The highest BCUT2D eigenvalue weighted by atomic mass is 16.2. The van der Waals surface area contributed by atoms with E-state index in [4.69, 9.17) is 0 Å². The Labute approximate surface area is 124 Å². The molecule has 1 heterocycles. The first-order chi connectivity index (χ1) is 10.3. The van der Waals surface area contributed by atoms with Gasteiger partial charge in [0.25, 0.3) is 11.8 Å². The van der Waals surface area contributed by atoms with E-state index in [-0.39, 0.29) is 11.8 Å². The largest absolute Gasteiger partial charge is 0.268 e. The second-order valence-electron chi connectivity index (χ2n) is 6.35. The van der Waals surface area contributed by atoms with Crippen molar-refractivity contribution in [1.82, 2.24) is 4.90 Å². The van der Waals surface area contributed by atoms with E-state index in [9.17, 15) is 9.59 Å². The molecule has 0 radical (unpaired) electrons. The molecular formula is C18H19NO2. The quantitative estimate of drug-likeness (QED) is 0.735. The molecule has 1 fully saturated rings. The monoisotopic (exact) mass is 281 g/mol. The molecule has 0 saturated heterocycles. The van der Waals surface area contributed by atoms with Gasteiger partial charge in [-0.2, -0.15) is 0 Å². The molecule has 0 spiro atoms. The first kappa shape index (κ1) is 12.8. The Bertz CT molecular complexity index is 611. The van der Waals surface area contributed by atoms with E-state index in [1.165, 1.54) is 30.6 Å². The van der Waals surface area contributed by atoms with Crippen molar-refractivity contribution >= 4 is 11.8 Å². The molecule has 3 nitrogen and oxygen atoms in total.